The van der Waals surface area contributed by atoms with Crippen molar-refractivity contribution in [3.8, 4) is 17.9 Å². The van der Waals surface area contributed by atoms with E-state index >= 15 is 0 Å². The number of anilines is 1. The van der Waals surface area contributed by atoms with E-state index in [1.54, 1.807) is 55.5 Å². The van der Waals surface area contributed by atoms with Crippen molar-refractivity contribution in [2.45, 2.75) is 13.5 Å². The number of hydrogen-bond donors (Lipinski definition) is 1. The largest absolute Gasteiger partial charge is 0.488 e. The van der Waals surface area contributed by atoms with Crippen LogP contribution in [-0.4, -0.2) is 5.91 Å². The summed E-state index contributed by atoms with van der Waals surface area (Å²) in [5, 5.41) is 21.9. The molecule has 0 aliphatic rings. The van der Waals surface area contributed by atoms with Gasteiger partial charge in [0.2, 0.25) is 0 Å². The summed E-state index contributed by atoms with van der Waals surface area (Å²) in [6.07, 6.45) is 1.49. The van der Waals surface area contributed by atoms with Gasteiger partial charge in [-0.2, -0.15) is 10.5 Å². The summed E-state index contributed by atoms with van der Waals surface area (Å²) in [5.41, 5.74) is 3.21. The Morgan fingerprint density at radius 2 is 1.94 bits per heavy atom. The normalized spacial score (nSPS) is 10.7. The van der Waals surface area contributed by atoms with E-state index in [2.05, 4.69) is 27.3 Å². The average molecular weight is 507 g/mol. The molecule has 1 amide bonds. The molecule has 3 aromatic carbocycles. The number of carbonyl (C=O) groups excluding carboxylic acids is 1. The van der Waals surface area contributed by atoms with E-state index in [4.69, 9.17) is 16.3 Å². The quantitative estimate of drug-likeness (QED) is 0.309. The van der Waals surface area contributed by atoms with Crippen LogP contribution in [0.25, 0.3) is 6.08 Å². The molecule has 1 N–H and O–H groups in total. The Morgan fingerprint density at radius 3 is 2.66 bits per heavy atom. The molecule has 0 heterocycles. The lowest BCUT2D eigenvalue weighted by Crippen LogP contribution is -2.14. The van der Waals surface area contributed by atoms with Crippen LogP contribution in [0.4, 0.5) is 5.69 Å². The Hall–Kier alpha value is -3.58. The molecule has 0 atom stereocenters. The summed E-state index contributed by atoms with van der Waals surface area (Å²) < 4.78 is 6.48. The van der Waals surface area contributed by atoms with E-state index in [0.717, 1.165) is 11.1 Å². The summed E-state index contributed by atoms with van der Waals surface area (Å²) in [4.78, 5) is 12.6. The van der Waals surface area contributed by atoms with Crippen molar-refractivity contribution in [3.05, 3.63) is 98.0 Å². The van der Waals surface area contributed by atoms with Gasteiger partial charge in [-0.3, -0.25) is 4.79 Å². The van der Waals surface area contributed by atoms with Crippen molar-refractivity contribution in [1.29, 1.82) is 10.5 Å². The van der Waals surface area contributed by atoms with Crippen LogP contribution in [0.15, 0.2) is 70.7 Å². The van der Waals surface area contributed by atoms with Crippen LogP contribution < -0.4 is 10.1 Å². The molecule has 5 nitrogen and oxygen atoms in total. The van der Waals surface area contributed by atoms with Crippen LogP contribution in [-0.2, 0) is 11.4 Å². The monoisotopic (exact) mass is 505 g/mol. The molecule has 0 radical (unpaired) electrons. The smallest absolute Gasteiger partial charge is 0.266 e. The lowest BCUT2D eigenvalue weighted by Gasteiger charge is -2.10. The number of ether oxygens (including phenoxy) is 1. The molecule has 3 rings (SSSR count). The maximum absolute atomic E-state index is 12.6. The Morgan fingerprint density at radius 1 is 1.16 bits per heavy atom. The highest BCUT2D eigenvalue weighted by Crippen LogP contribution is 2.28. The van der Waals surface area contributed by atoms with Gasteiger partial charge in [0.15, 0.2) is 0 Å². The fourth-order valence-corrected chi connectivity index (χ4v) is 3.57. The molecule has 0 bridgehead atoms. The minimum atomic E-state index is -0.526. The Balaban J connectivity index is 1.75. The highest BCUT2D eigenvalue weighted by atomic mass is 79.9. The molecule has 0 aliphatic heterocycles. The number of amides is 1. The number of halogens is 2. The van der Waals surface area contributed by atoms with Gasteiger partial charge in [-0.25, -0.2) is 0 Å². The van der Waals surface area contributed by atoms with Crippen molar-refractivity contribution >= 4 is 45.2 Å². The molecular formula is C25H17BrClN3O2. The summed E-state index contributed by atoms with van der Waals surface area (Å²) in [7, 11) is 0. The Kier molecular flexibility index (Phi) is 7.68. The molecule has 0 spiro atoms. The Bertz CT molecular complexity index is 1290. The van der Waals surface area contributed by atoms with Gasteiger partial charge < -0.3 is 10.1 Å². The second-order valence-electron chi connectivity index (χ2n) is 6.78. The number of nitriles is 2. The van der Waals surface area contributed by atoms with Gasteiger partial charge in [-0.15, -0.1) is 0 Å². The van der Waals surface area contributed by atoms with Gasteiger partial charge in [0, 0.05) is 16.3 Å². The fraction of sp³-hybridized carbons (Fsp3) is 0.0800. The van der Waals surface area contributed by atoms with Crippen molar-refractivity contribution < 1.29 is 9.53 Å². The first-order valence-corrected chi connectivity index (χ1v) is 10.7. The molecule has 7 heteroatoms. The zero-order chi connectivity index (χ0) is 23.1. The number of benzene rings is 3. The van der Waals surface area contributed by atoms with Gasteiger partial charge in [-0.1, -0.05) is 41.9 Å². The molecule has 0 fully saturated rings. The third-order valence-corrected chi connectivity index (χ3v) is 5.70. The number of nitrogens with zero attached hydrogens (tertiary/aromatic N) is 2. The van der Waals surface area contributed by atoms with E-state index in [-0.39, 0.29) is 12.2 Å². The fourth-order valence-electron chi connectivity index (χ4n) is 2.88. The van der Waals surface area contributed by atoms with Gasteiger partial charge in [0.25, 0.3) is 5.91 Å². The lowest BCUT2D eigenvalue weighted by molar-refractivity contribution is -0.112. The van der Waals surface area contributed by atoms with Gasteiger partial charge in [0.05, 0.1) is 16.1 Å². The third-order valence-electron chi connectivity index (χ3n) is 4.67. The van der Waals surface area contributed by atoms with Crippen molar-refractivity contribution in [1.82, 2.24) is 0 Å². The van der Waals surface area contributed by atoms with Gasteiger partial charge in [0.1, 0.15) is 24.0 Å². The van der Waals surface area contributed by atoms with Gasteiger partial charge in [-0.05, 0) is 70.4 Å². The van der Waals surface area contributed by atoms with Crippen LogP contribution in [0.1, 0.15) is 22.3 Å². The second kappa shape index (κ2) is 10.6. The summed E-state index contributed by atoms with van der Waals surface area (Å²) >= 11 is 9.55. The average Bonchev–Trinajstić information content (AvgIpc) is 2.80. The van der Waals surface area contributed by atoms with Crippen LogP contribution in [0.2, 0.25) is 5.02 Å². The third kappa shape index (κ3) is 5.56. The minimum absolute atomic E-state index is 0.0482. The van der Waals surface area contributed by atoms with Gasteiger partial charge >= 0.3 is 0 Å². The van der Waals surface area contributed by atoms with E-state index in [0.29, 0.717) is 32.1 Å². The number of nitrogens with one attached hydrogen (secondary N) is 1. The predicted octanol–water partition coefficient (Wildman–Crippen LogP) is 6.41. The van der Waals surface area contributed by atoms with Crippen molar-refractivity contribution in [2.24, 2.45) is 0 Å². The van der Waals surface area contributed by atoms with Crippen molar-refractivity contribution in [2.75, 3.05) is 5.32 Å². The first kappa shape index (κ1) is 23.1. The highest BCUT2D eigenvalue weighted by Gasteiger charge is 2.13. The topological polar surface area (TPSA) is 85.9 Å². The molecular weight excluding hydrogens is 490 g/mol. The van der Waals surface area contributed by atoms with E-state index in [9.17, 15) is 15.3 Å². The van der Waals surface area contributed by atoms with Crippen LogP contribution in [0, 0.1) is 29.6 Å². The summed E-state index contributed by atoms with van der Waals surface area (Å²) in [5.74, 6) is 0.0508. The summed E-state index contributed by atoms with van der Waals surface area (Å²) in [6.45, 7) is 2.03. The molecule has 0 aliphatic carbocycles. The van der Waals surface area contributed by atoms with Crippen LogP contribution in [0.3, 0.4) is 0 Å². The first-order chi connectivity index (χ1) is 15.4. The standard InChI is InChI=1S/C25H17BrClN3O2/c1-16-22(27)7-4-8-23(16)30-25(31)20(14-29)11-17-9-10-24(21(26)12-17)32-15-19-6-3-2-5-18(19)13-28/h2-12H,15H2,1H3,(H,30,31)/b20-11+. The van der Waals surface area contributed by atoms with E-state index < -0.39 is 5.91 Å². The summed E-state index contributed by atoms with van der Waals surface area (Å²) in [6, 6.07) is 21.7. The molecule has 3 aromatic rings. The number of hydrogen-bond acceptors (Lipinski definition) is 4. The highest BCUT2D eigenvalue weighted by molar-refractivity contribution is 9.10. The Labute approximate surface area is 199 Å². The van der Waals surface area contributed by atoms with Crippen LogP contribution in [0.5, 0.6) is 5.75 Å². The molecule has 158 valence electrons. The van der Waals surface area contributed by atoms with E-state index in [1.165, 1.54) is 6.08 Å². The minimum Gasteiger partial charge on any atom is -0.488 e. The molecule has 0 saturated carbocycles. The number of rotatable bonds is 6. The lowest BCUT2D eigenvalue weighted by atomic mass is 10.1. The maximum Gasteiger partial charge on any atom is 0.266 e. The zero-order valence-electron chi connectivity index (χ0n) is 17.0. The number of carbonyl (C=O) groups is 1. The van der Waals surface area contributed by atoms with Crippen LogP contribution >= 0.6 is 27.5 Å². The van der Waals surface area contributed by atoms with E-state index in [1.807, 2.05) is 18.2 Å². The predicted molar refractivity (Wildman–Crippen MR) is 128 cm³/mol. The molecule has 0 saturated heterocycles. The molecule has 0 aromatic heterocycles. The maximum atomic E-state index is 12.6. The first-order valence-electron chi connectivity index (χ1n) is 9.51. The van der Waals surface area contributed by atoms with Crippen molar-refractivity contribution in [3.63, 3.8) is 0 Å². The SMILES string of the molecule is Cc1c(Cl)cccc1NC(=O)/C(C#N)=C/c1ccc(OCc2ccccc2C#N)c(Br)c1. The molecule has 0 unspecified atom stereocenters. The second-order valence-corrected chi connectivity index (χ2v) is 8.05. The zero-order valence-corrected chi connectivity index (χ0v) is 19.4. The molecule has 32 heavy (non-hydrogen) atoms.